The van der Waals surface area contributed by atoms with Crippen molar-refractivity contribution in [3.8, 4) is 22.6 Å². The van der Waals surface area contributed by atoms with Crippen molar-refractivity contribution in [1.29, 1.82) is 0 Å². The zero-order valence-electron chi connectivity index (χ0n) is 24.1. The lowest BCUT2D eigenvalue weighted by molar-refractivity contribution is 1.12. The van der Waals surface area contributed by atoms with E-state index in [1.54, 1.807) is 6.08 Å². The Morgan fingerprint density at radius 3 is 1.75 bits per heavy atom. The molecule has 208 valence electrons. The van der Waals surface area contributed by atoms with Crippen LogP contribution in [0.5, 0.6) is 0 Å². The van der Waals surface area contributed by atoms with Crippen molar-refractivity contribution in [1.82, 2.24) is 19.1 Å². The number of aromatic nitrogens is 4. The predicted molar refractivity (Wildman–Crippen MR) is 185 cm³/mol. The minimum Gasteiger partial charge on any atom is -0.307 e. The molecular formula is C40H28N4. The molecule has 0 aliphatic rings. The Balaban J connectivity index is 1.53. The lowest BCUT2D eigenvalue weighted by Crippen LogP contribution is -2.00. The molecule has 0 unspecified atom stereocenters. The van der Waals surface area contributed by atoms with Crippen molar-refractivity contribution < 1.29 is 0 Å². The fourth-order valence-corrected chi connectivity index (χ4v) is 6.46. The van der Waals surface area contributed by atoms with Gasteiger partial charge in [-0.05, 0) is 42.0 Å². The smallest absolute Gasteiger partial charge is 0.0788 e. The van der Waals surface area contributed by atoms with Crippen LogP contribution in [0.3, 0.4) is 0 Å². The molecule has 0 aliphatic carbocycles. The fourth-order valence-electron chi connectivity index (χ4n) is 6.46. The van der Waals surface area contributed by atoms with Crippen LogP contribution in [0.25, 0.3) is 71.8 Å². The Hall–Kier alpha value is -6.00. The molecule has 4 nitrogen and oxygen atoms in total. The number of hydrogen-bond acceptors (Lipinski definition) is 2. The molecule has 0 fully saturated rings. The number of para-hydroxylation sites is 2. The van der Waals surface area contributed by atoms with Crippen LogP contribution in [0, 0.1) is 0 Å². The molecule has 0 radical (unpaired) electrons. The van der Waals surface area contributed by atoms with Gasteiger partial charge in [0.15, 0.2) is 0 Å². The maximum atomic E-state index is 4.75. The summed E-state index contributed by atoms with van der Waals surface area (Å²) in [5, 5.41) is 4.80. The summed E-state index contributed by atoms with van der Waals surface area (Å²) < 4.78 is 4.77. The van der Waals surface area contributed by atoms with Crippen LogP contribution >= 0.6 is 0 Å². The molecule has 0 aliphatic heterocycles. The summed E-state index contributed by atoms with van der Waals surface area (Å²) in [7, 11) is 0. The van der Waals surface area contributed by atoms with Gasteiger partial charge in [0.1, 0.15) is 0 Å². The van der Waals surface area contributed by atoms with Gasteiger partial charge in [0.05, 0.1) is 33.5 Å². The second-order valence-electron chi connectivity index (χ2n) is 10.8. The maximum absolute atomic E-state index is 4.75. The predicted octanol–water partition coefficient (Wildman–Crippen LogP) is 10.1. The first kappa shape index (κ1) is 25.7. The van der Waals surface area contributed by atoms with Crippen molar-refractivity contribution in [3.05, 3.63) is 165 Å². The second-order valence-corrected chi connectivity index (χ2v) is 10.8. The highest BCUT2D eigenvalue weighted by Crippen LogP contribution is 2.42. The minimum absolute atomic E-state index is 0.845. The Kier molecular flexibility index (Phi) is 6.05. The van der Waals surface area contributed by atoms with E-state index in [9.17, 15) is 0 Å². The molecule has 44 heavy (non-hydrogen) atoms. The number of pyridine rings is 2. The SMILES string of the molecule is C=C/C=C(\C=C)c1cc(-n2c3ccccc3c3ccc4c5ccccc5n(-c5ccnc(-c6ccccc6)c5)c4c32)ccn1. The van der Waals surface area contributed by atoms with Crippen LogP contribution in [0.4, 0.5) is 0 Å². The van der Waals surface area contributed by atoms with Gasteiger partial charge in [-0.25, -0.2) is 0 Å². The highest BCUT2D eigenvalue weighted by Gasteiger charge is 2.21. The first-order chi connectivity index (χ1) is 21.8. The van der Waals surface area contributed by atoms with Crippen LogP contribution in [0.1, 0.15) is 5.69 Å². The molecule has 0 atom stereocenters. The van der Waals surface area contributed by atoms with E-state index < -0.39 is 0 Å². The monoisotopic (exact) mass is 564 g/mol. The van der Waals surface area contributed by atoms with Crippen molar-refractivity contribution in [3.63, 3.8) is 0 Å². The Morgan fingerprint density at radius 1 is 0.568 bits per heavy atom. The summed E-state index contributed by atoms with van der Waals surface area (Å²) in [4.78, 5) is 9.43. The van der Waals surface area contributed by atoms with Crippen LogP contribution in [-0.2, 0) is 0 Å². The molecule has 0 spiro atoms. The third kappa shape index (κ3) is 3.92. The molecule has 0 saturated heterocycles. The van der Waals surface area contributed by atoms with Gasteiger partial charge in [0.2, 0.25) is 0 Å². The summed E-state index contributed by atoms with van der Waals surface area (Å²) in [5.41, 5.74) is 10.5. The molecule has 4 heterocycles. The van der Waals surface area contributed by atoms with E-state index in [0.717, 1.165) is 56.0 Å². The standard InChI is InChI=1S/C40H28N4/c1-3-12-27(4-2)35-25-29(21-23-41-35)43-37-17-10-8-15-31(37)33-19-20-34-32-16-9-11-18-38(32)44(40(34)39(33)43)30-22-24-42-36(26-30)28-13-6-5-7-14-28/h3-26H,1-2H2/b27-12+. The van der Waals surface area contributed by atoms with E-state index in [1.165, 1.54) is 21.5 Å². The quantitative estimate of drug-likeness (QED) is 0.188. The third-order valence-electron chi connectivity index (χ3n) is 8.35. The summed E-state index contributed by atoms with van der Waals surface area (Å²) in [6, 6.07) is 40.7. The molecule has 0 bridgehead atoms. The van der Waals surface area contributed by atoms with E-state index in [2.05, 4.69) is 136 Å². The number of hydrogen-bond donors (Lipinski definition) is 0. The van der Waals surface area contributed by atoms with Crippen molar-refractivity contribution in [2.45, 2.75) is 0 Å². The lowest BCUT2D eigenvalue weighted by atomic mass is 10.1. The van der Waals surface area contributed by atoms with Gasteiger partial charge in [-0.1, -0.05) is 110 Å². The summed E-state index contributed by atoms with van der Waals surface area (Å²) in [6.45, 7) is 7.90. The van der Waals surface area contributed by atoms with Gasteiger partial charge in [-0.2, -0.15) is 0 Å². The average molecular weight is 565 g/mol. The summed E-state index contributed by atoms with van der Waals surface area (Å²) in [5.74, 6) is 0. The number of fused-ring (bicyclic) bond motifs is 7. The van der Waals surface area contributed by atoms with Crippen LogP contribution < -0.4 is 0 Å². The van der Waals surface area contributed by atoms with Gasteiger partial charge >= 0.3 is 0 Å². The number of allylic oxidation sites excluding steroid dienone is 4. The van der Waals surface area contributed by atoms with Gasteiger partial charge < -0.3 is 9.13 Å². The maximum Gasteiger partial charge on any atom is 0.0788 e. The van der Waals surface area contributed by atoms with Gasteiger partial charge in [-0.3, -0.25) is 9.97 Å². The van der Waals surface area contributed by atoms with Crippen molar-refractivity contribution in [2.24, 2.45) is 0 Å². The van der Waals surface area contributed by atoms with Gasteiger partial charge in [-0.15, -0.1) is 0 Å². The zero-order chi connectivity index (χ0) is 29.6. The molecule has 4 heteroatoms. The molecule has 4 aromatic carbocycles. The lowest BCUT2D eigenvalue weighted by Gasteiger charge is -2.14. The first-order valence-corrected chi connectivity index (χ1v) is 14.7. The van der Waals surface area contributed by atoms with Crippen LogP contribution in [0.15, 0.2) is 159 Å². The van der Waals surface area contributed by atoms with E-state index >= 15 is 0 Å². The topological polar surface area (TPSA) is 35.6 Å². The van der Waals surface area contributed by atoms with Gasteiger partial charge in [0, 0.05) is 50.9 Å². The number of rotatable bonds is 6. The van der Waals surface area contributed by atoms with E-state index in [-0.39, 0.29) is 0 Å². The average Bonchev–Trinajstić information content (AvgIpc) is 3.61. The van der Waals surface area contributed by atoms with E-state index in [0.29, 0.717) is 0 Å². The largest absolute Gasteiger partial charge is 0.307 e. The van der Waals surface area contributed by atoms with Crippen LogP contribution in [-0.4, -0.2) is 19.1 Å². The van der Waals surface area contributed by atoms with E-state index in [4.69, 9.17) is 4.98 Å². The van der Waals surface area contributed by atoms with E-state index in [1.807, 2.05) is 30.6 Å². The third-order valence-corrected chi connectivity index (χ3v) is 8.35. The zero-order valence-corrected chi connectivity index (χ0v) is 24.1. The molecule has 0 saturated carbocycles. The van der Waals surface area contributed by atoms with Gasteiger partial charge in [0.25, 0.3) is 0 Å². The second kappa shape index (κ2) is 10.4. The highest BCUT2D eigenvalue weighted by molar-refractivity contribution is 6.23. The number of benzene rings is 4. The highest BCUT2D eigenvalue weighted by atomic mass is 15.0. The molecule has 8 rings (SSSR count). The first-order valence-electron chi connectivity index (χ1n) is 14.7. The summed E-state index contributed by atoms with van der Waals surface area (Å²) in [6.07, 6.45) is 9.31. The molecular weight excluding hydrogens is 536 g/mol. The Morgan fingerprint density at radius 2 is 1.14 bits per heavy atom. The molecule has 8 aromatic rings. The number of nitrogens with zero attached hydrogens (tertiary/aromatic N) is 4. The molecule has 4 aromatic heterocycles. The molecule has 0 N–H and O–H groups in total. The normalized spacial score (nSPS) is 12.0. The molecule has 0 amide bonds. The summed E-state index contributed by atoms with van der Waals surface area (Å²) >= 11 is 0. The Bertz CT molecular complexity index is 2420. The Labute approximate surface area is 255 Å². The minimum atomic E-state index is 0.845. The van der Waals surface area contributed by atoms with Crippen LogP contribution in [0.2, 0.25) is 0 Å². The fraction of sp³-hybridized carbons (Fsp3) is 0. The van der Waals surface area contributed by atoms with Crippen molar-refractivity contribution >= 4 is 49.2 Å². The van der Waals surface area contributed by atoms with Crippen molar-refractivity contribution in [2.75, 3.05) is 0 Å².